The van der Waals surface area contributed by atoms with Crippen LogP contribution in [0.15, 0.2) is 56.5 Å². The lowest BCUT2D eigenvalue weighted by Crippen LogP contribution is -2.43. The summed E-state index contributed by atoms with van der Waals surface area (Å²) in [6.45, 7) is 2.00. The highest BCUT2D eigenvalue weighted by atomic mass is 79.9. The van der Waals surface area contributed by atoms with Gasteiger partial charge in [-0.15, -0.1) is 0 Å². The lowest BCUT2D eigenvalue weighted by atomic mass is 9.87. The molecule has 0 aliphatic carbocycles. The van der Waals surface area contributed by atoms with Gasteiger partial charge in [-0.2, -0.15) is 0 Å². The third kappa shape index (κ3) is 3.23. The number of hydrogen-bond donors (Lipinski definition) is 2. The largest absolute Gasteiger partial charge is 0.326 e. The van der Waals surface area contributed by atoms with Crippen molar-refractivity contribution in [1.82, 2.24) is 9.55 Å². The van der Waals surface area contributed by atoms with Crippen LogP contribution in [-0.4, -0.2) is 15.5 Å². The second kappa shape index (κ2) is 6.81. The van der Waals surface area contributed by atoms with Crippen molar-refractivity contribution in [3.8, 4) is 0 Å². The topological polar surface area (TPSA) is 84.0 Å². The predicted octanol–water partition coefficient (Wildman–Crippen LogP) is 3.21. The molecule has 2 N–H and O–H groups in total. The number of amides is 1. The van der Waals surface area contributed by atoms with Crippen LogP contribution >= 0.6 is 15.9 Å². The molecular weight excluding hydrogens is 410 g/mol. The lowest BCUT2D eigenvalue weighted by molar-refractivity contribution is -0.117. The smallest absolute Gasteiger partial charge is 0.317 e. The minimum atomic E-state index is -0.672. The number of para-hydroxylation sites is 1. The van der Waals surface area contributed by atoms with Crippen LogP contribution in [0.5, 0.6) is 0 Å². The van der Waals surface area contributed by atoms with Gasteiger partial charge in [0.2, 0.25) is 5.91 Å². The van der Waals surface area contributed by atoms with Gasteiger partial charge in [0, 0.05) is 22.6 Å². The average Bonchev–Trinajstić information content (AvgIpc) is 2.62. The van der Waals surface area contributed by atoms with Gasteiger partial charge in [0.15, 0.2) is 0 Å². The van der Waals surface area contributed by atoms with Crippen LogP contribution in [0.3, 0.4) is 0 Å². The number of aromatic amines is 1. The molecule has 2 aromatic carbocycles. The van der Waals surface area contributed by atoms with Gasteiger partial charge >= 0.3 is 11.1 Å². The van der Waals surface area contributed by atoms with E-state index in [1.54, 1.807) is 6.07 Å². The number of nitrogens with zero attached hydrogens (tertiary/aromatic N) is 1. The van der Waals surface area contributed by atoms with Crippen molar-refractivity contribution in [3.05, 3.63) is 73.2 Å². The zero-order valence-corrected chi connectivity index (χ0v) is 16.2. The summed E-state index contributed by atoms with van der Waals surface area (Å²) >= 11 is 3.45. The van der Waals surface area contributed by atoms with Crippen molar-refractivity contribution in [2.45, 2.75) is 25.8 Å². The quantitative estimate of drug-likeness (QED) is 0.629. The first-order valence-electron chi connectivity index (χ1n) is 8.76. The maximum atomic E-state index is 12.7. The van der Waals surface area contributed by atoms with E-state index in [1.807, 2.05) is 43.3 Å². The van der Waals surface area contributed by atoms with Crippen molar-refractivity contribution in [1.29, 1.82) is 0 Å². The second-order valence-corrected chi connectivity index (χ2v) is 7.87. The van der Waals surface area contributed by atoms with Crippen LogP contribution in [0, 0.1) is 5.92 Å². The number of aromatic nitrogens is 2. The molecule has 1 aromatic heterocycles. The average molecular weight is 428 g/mol. The molecule has 6 nitrogen and oxygen atoms in total. The Bertz CT molecular complexity index is 1150. The number of halogens is 1. The number of nitrogens with one attached hydrogen (secondary N) is 2. The molecule has 2 atom stereocenters. The molecule has 0 fully saturated rings. The molecule has 7 heteroatoms. The number of rotatable bonds is 3. The van der Waals surface area contributed by atoms with Gasteiger partial charge in [-0.3, -0.25) is 19.0 Å². The molecule has 27 heavy (non-hydrogen) atoms. The van der Waals surface area contributed by atoms with E-state index in [2.05, 4.69) is 26.2 Å². The lowest BCUT2D eigenvalue weighted by Gasteiger charge is -2.32. The molecule has 1 aliphatic heterocycles. The fourth-order valence-electron chi connectivity index (χ4n) is 3.85. The van der Waals surface area contributed by atoms with Gasteiger partial charge in [0.25, 0.3) is 0 Å². The van der Waals surface area contributed by atoms with E-state index in [1.165, 1.54) is 4.57 Å². The van der Waals surface area contributed by atoms with E-state index in [4.69, 9.17) is 0 Å². The highest BCUT2D eigenvalue weighted by Crippen LogP contribution is 2.35. The van der Waals surface area contributed by atoms with Crippen LogP contribution in [0.25, 0.3) is 11.0 Å². The Morgan fingerprint density at radius 3 is 2.74 bits per heavy atom. The Morgan fingerprint density at radius 1 is 1.26 bits per heavy atom. The van der Waals surface area contributed by atoms with Gasteiger partial charge in [-0.05, 0) is 42.2 Å². The molecule has 0 radical (unpaired) electrons. The minimum Gasteiger partial charge on any atom is -0.326 e. The van der Waals surface area contributed by atoms with E-state index in [0.717, 1.165) is 16.5 Å². The predicted molar refractivity (Wildman–Crippen MR) is 108 cm³/mol. The summed E-state index contributed by atoms with van der Waals surface area (Å²) in [6.07, 6.45) is 0.856. The van der Waals surface area contributed by atoms with E-state index >= 15 is 0 Å². The first kappa shape index (κ1) is 17.7. The SMILES string of the molecule is C[C@@H]1Cc2cc(Br)cc3[nH]c(=O)c(=O)n(c23)[C@@H]1CC(=O)Nc1ccccc1. The summed E-state index contributed by atoms with van der Waals surface area (Å²) in [7, 11) is 0. The normalized spacial score (nSPS) is 18.4. The monoisotopic (exact) mass is 427 g/mol. The Balaban J connectivity index is 1.77. The van der Waals surface area contributed by atoms with Gasteiger partial charge in [0.05, 0.1) is 11.0 Å². The van der Waals surface area contributed by atoms with Crippen molar-refractivity contribution in [2.24, 2.45) is 5.92 Å². The highest BCUT2D eigenvalue weighted by molar-refractivity contribution is 9.10. The van der Waals surface area contributed by atoms with Crippen LogP contribution in [-0.2, 0) is 11.2 Å². The third-order valence-corrected chi connectivity index (χ3v) is 5.50. The fourth-order valence-corrected chi connectivity index (χ4v) is 4.35. The molecule has 3 aromatic rings. The second-order valence-electron chi connectivity index (χ2n) is 6.96. The Morgan fingerprint density at radius 2 is 2.00 bits per heavy atom. The number of hydrogen-bond acceptors (Lipinski definition) is 3. The van der Waals surface area contributed by atoms with Crippen molar-refractivity contribution in [3.63, 3.8) is 0 Å². The fraction of sp³-hybridized carbons (Fsp3) is 0.250. The molecule has 138 valence electrons. The van der Waals surface area contributed by atoms with Crippen LogP contribution < -0.4 is 16.4 Å². The van der Waals surface area contributed by atoms with E-state index in [0.29, 0.717) is 16.7 Å². The molecule has 2 heterocycles. The molecule has 0 bridgehead atoms. The summed E-state index contributed by atoms with van der Waals surface area (Å²) < 4.78 is 2.35. The molecule has 0 unspecified atom stereocenters. The van der Waals surface area contributed by atoms with E-state index < -0.39 is 11.1 Å². The number of H-pyrrole nitrogens is 1. The number of carbonyl (C=O) groups is 1. The molecular formula is C20H18BrN3O3. The molecule has 1 amide bonds. The Kier molecular flexibility index (Phi) is 4.47. The molecule has 0 spiro atoms. The minimum absolute atomic E-state index is 0.0380. The van der Waals surface area contributed by atoms with Crippen LogP contribution in [0.4, 0.5) is 5.69 Å². The van der Waals surface area contributed by atoms with Crippen molar-refractivity contribution >= 4 is 38.6 Å². The van der Waals surface area contributed by atoms with Gasteiger partial charge < -0.3 is 10.3 Å². The Labute approximate surface area is 163 Å². The summed E-state index contributed by atoms with van der Waals surface area (Å²) in [5, 5.41) is 2.86. The summed E-state index contributed by atoms with van der Waals surface area (Å²) in [4.78, 5) is 40.1. The summed E-state index contributed by atoms with van der Waals surface area (Å²) in [5.74, 6) is -0.144. The number of carbonyl (C=O) groups excluding carboxylic acids is 1. The van der Waals surface area contributed by atoms with Gasteiger partial charge in [-0.1, -0.05) is 41.1 Å². The maximum Gasteiger partial charge on any atom is 0.317 e. The molecule has 0 saturated heterocycles. The van der Waals surface area contributed by atoms with Crippen molar-refractivity contribution in [2.75, 3.05) is 5.32 Å². The first-order chi connectivity index (χ1) is 12.9. The van der Waals surface area contributed by atoms with Crippen LogP contribution in [0.2, 0.25) is 0 Å². The summed E-state index contributed by atoms with van der Waals surface area (Å²) in [5.41, 5.74) is 1.71. The Hall–Kier alpha value is -2.67. The first-order valence-corrected chi connectivity index (χ1v) is 9.55. The maximum absolute atomic E-state index is 12.7. The molecule has 0 saturated carbocycles. The molecule has 4 rings (SSSR count). The highest BCUT2D eigenvalue weighted by Gasteiger charge is 2.31. The standard InChI is InChI=1S/C20H18BrN3O3/c1-11-7-12-8-13(21)9-15-18(12)24(20(27)19(26)23-15)16(11)10-17(25)22-14-5-3-2-4-6-14/h2-6,8-9,11,16H,7,10H2,1H3,(H,22,25)(H,23,26)/t11-,16-/m1/s1. The third-order valence-electron chi connectivity index (χ3n) is 5.04. The molecule has 1 aliphatic rings. The zero-order valence-electron chi connectivity index (χ0n) is 14.7. The number of anilines is 1. The zero-order chi connectivity index (χ0) is 19.1. The van der Waals surface area contributed by atoms with Crippen molar-refractivity contribution < 1.29 is 4.79 Å². The van der Waals surface area contributed by atoms with Gasteiger partial charge in [-0.25, -0.2) is 0 Å². The van der Waals surface area contributed by atoms with Crippen LogP contribution in [0.1, 0.15) is 24.9 Å². The van der Waals surface area contributed by atoms with E-state index in [-0.39, 0.29) is 24.3 Å². The number of benzene rings is 2. The summed E-state index contributed by atoms with van der Waals surface area (Å²) in [6, 6.07) is 12.6. The van der Waals surface area contributed by atoms with E-state index in [9.17, 15) is 14.4 Å². The van der Waals surface area contributed by atoms with Gasteiger partial charge in [0.1, 0.15) is 0 Å².